The first-order chi connectivity index (χ1) is 14.1. The Hall–Kier alpha value is -0.300. The van der Waals surface area contributed by atoms with E-state index in [4.69, 9.17) is 4.74 Å². The summed E-state index contributed by atoms with van der Waals surface area (Å²) < 4.78 is 6.42. The molecule has 0 bridgehead atoms. The molecule has 29 heavy (non-hydrogen) atoms. The second kappa shape index (κ2) is 10.3. The number of allylic oxidation sites excluding steroid dienone is 1. The summed E-state index contributed by atoms with van der Waals surface area (Å²) in [5.41, 5.74) is 1.58. The van der Waals surface area contributed by atoms with Gasteiger partial charge in [-0.2, -0.15) is 0 Å². The van der Waals surface area contributed by atoms with Gasteiger partial charge in [0.2, 0.25) is 0 Å². The molecule has 3 fully saturated rings. The third-order valence-electron chi connectivity index (χ3n) is 9.37. The van der Waals surface area contributed by atoms with E-state index in [1.54, 1.807) is 18.4 Å². The number of hydrogen-bond acceptors (Lipinski definition) is 1. The van der Waals surface area contributed by atoms with Gasteiger partial charge < -0.3 is 4.74 Å². The van der Waals surface area contributed by atoms with Gasteiger partial charge in [-0.1, -0.05) is 38.3 Å². The molecule has 0 aromatic carbocycles. The molecule has 166 valence electrons. The molecule has 1 heteroatoms. The van der Waals surface area contributed by atoms with Crippen LogP contribution in [0.3, 0.4) is 0 Å². The van der Waals surface area contributed by atoms with Crippen LogP contribution < -0.4 is 0 Å². The molecule has 4 rings (SSSR count). The zero-order valence-corrected chi connectivity index (χ0v) is 19.7. The first kappa shape index (κ1) is 21.9. The lowest BCUT2D eigenvalue weighted by Gasteiger charge is -2.41. The summed E-state index contributed by atoms with van der Waals surface area (Å²) in [6.45, 7) is 8.14. The zero-order valence-electron chi connectivity index (χ0n) is 19.7. The quantitative estimate of drug-likeness (QED) is 0.423. The van der Waals surface area contributed by atoms with Gasteiger partial charge in [0, 0.05) is 5.92 Å². The minimum absolute atomic E-state index is 0.553. The fourth-order valence-electron chi connectivity index (χ4n) is 7.64. The van der Waals surface area contributed by atoms with Crippen molar-refractivity contribution in [2.45, 2.75) is 117 Å². The van der Waals surface area contributed by atoms with Gasteiger partial charge in [-0.3, -0.25) is 0 Å². The van der Waals surface area contributed by atoms with Gasteiger partial charge in [0.25, 0.3) is 0 Å². The molecular formula is C28H48O. The Bertz CT molecular complexity index is 512. The van der Waals surface area contributed by atoms with Crippen molar-refractivity contribution in [3.05, 3.63) is 11.6 Å². The number of hydrogen-bond donors (Lipinski definition) is 0. The molecule has 0 N–H and O–H groups in total. The fraction of sp³-hybridized carbons (Fsp3) is 0.929. The van der Waals surface area contributed by atoms with E-state index in [-0.39, 0.29) is 0 Å². The predicted molar refractivity (Wildman–Crippen MR) is 124 cm³/mol. The lowest BCUT2D eigenvalue weighted by Crippen LogP contribution is -2.31. The van der Waals surface area contributed by atoms with Crippen molar-refractivity contribution in [3.8, 4) is 0 Å². The average molecular weight is 401 g/mol. The van der Waals surface area contributed by atoms with Crippen LogP contribution in [0.1, 0.15) is 111 Å². The Labute approximate surface area is 181 Å². The van der Waals surface area contributed by atoms with Crippen molar-refractivity contribution < 1.29 is 4.74 Å². The Balaban J connectivity index is 1.14. The van der Waals surface area contributed by atoms with Crippen LogP contribution >= 0.6 is 0 Å². The summed E-state index contributed by atoms with van der Waals surface area (Å²) in [6, 6.07) is 0. The Kier molecular flexibility index (Phi) is 7.81. The van der Waals surface area contributed by atoms with Gasteiger partial charge >= 0.3 is 0 Å². The summed E-state index contributed by atoms with van der Waals surface area (Å²) in [4.78, 5) is 0. The molecule has 0 aromatic rings. The maximum Gasteiger partial charge on any atom is 0.0575 e. The highest BCUT2D eigenvalue weighted by Crippen LogP contribution is 2.45. The molecule has 0 aliphatic heterocycles. The van der Waals surface area contributed by atoms with Crippen LogP contribution in [0.15, 0.2) is 11.6 Å². The van der Waals surface area contributed by atoms with Gasteiger partial charge in [0.1, 0.15) is 0 Å². The highest BCUT2D eigenvalue weighted by atomic mass is 16.5. The van der Waals surface area contributed by atoms with E-state index < -0.39 is 0 Å². The Morgan fingerprint density at radius 2 is 1.17 bits per heavy atom. The molecule has 0 heterocycles. The van der Waals surface area contributed by atoms with Crippen LogP contribution in [-0.2, 0) is 4.74 Å². The first-order valence-electron chi connectivity index (χ1n) is 13.4. The van der Waals surface area contributed by atoms with Crippen molar-refractivity contribution in [1.82, 2.24) is 0 Å². The molecular weight excluding hydrogens is 352 g/mol. The van der Waals surface area contributed by atoms with E-state index >= 15 is 0 Å². The molecule has 0 saturated heterocycles. The van der Waals surface area contributed by atoms with Gasteiger partial charge in [-0.25, -0.2) is 0 Å². The Morgan fingerprint density at radius 3 is 1.69 bits per heavy atom. The topological polar surface area (TPSA) is 9.23 Å². The molecule has 1 nitrogen and oxygen atoms in total. The third kappa shape index (κ3) is 6.11. The summed E-state index contributed by atoms with van der Waals surface area (Å²) in [6.07, 6.45) is 23.5. The van der Waals surface area contributed by atoms with Crippen LogP contribution in [0.2, 0.25) is 0 Å². The van der Waals surface area contributed by atoms with Crippen molar-refractivity contribution in [1.29, 1.82) is 0 Å². The molecule has 4 aliphatic rings. The summed E-state index contributed by atoms with van der Waals surface area (Å²) >= 11 is 0. The Morgan fingerprint density at radius 1 is 0.690 bits per heavy atom. The van der Waals surface area contributed by atoms with Crippen LogP contribution in [0.25, 0.3) is 0 Å². The van der Waals surface area contributed by atoms with Crippen LogP contribution in [0.4, 0.5) is 0 Å². The molecule has 0 aromatic heterocycles. The van der Waals surface area contributed by atoms with E-state index in [9.17, 15) is 0 Å². The van der Waals surface area contributed by atoms with Crippen LogP contribution in [0, 0.1) is 41.4 Å². The normalized spacial score (nSPS) is 44.3. The largest absolute Gasteiger partial charge is 0.378 e. The standard InChI is InChI=1S/C28H48O/c1-20-4-6-24(7-5-20)25-8-10-26(11-9-25)27-12-14-28(15-13-27)29-19-23-17-21(2)16-22(3)18-23/h17,20,22-28H,4-16,18-19H2,1-3H3. The van der Waals surface area contributed by atoms with Crippen molar-refractivity contribution in [2.24, 2.45) is 41.4 Å². The molecule has 0 spiro atoms. The van der Waals surface area contributed by atoms with E-state index in [2.05, 4.69) is 26.8 Å². The summed E-state index contributed by atoms with van der Waals surface area (Å²) in [5.74, 6) is 6.73. The maximum absolute atomic E-state index is 6.42. The zero-order chi connectivity index (χ0) is 20.2. The lowest BCUT2D eigenvalue weighted by atomic mass is 9.65. The van der Waals surface area contributed by atoms with Gasteiger partial charge in [-0.05, 0) is 119 Å². The molecule has 4 aliphatic carbocycles. The highest BCUT2D eigenvalue weighted by Gasteiger charge is 2.34. The van der Waals surface area contributed by atoms with Crippen LogP contribution in [0.5, 0.6) is 0 Å². The smallest absolute Gasteiger partial charge is 0.0575 e. The second-order valence-corrected chi connectivity index (χ2v) is 11.9. The monoisotopic (exact) mass is 400 g/mol. The van der Waals surface area contributed by atoms with E-state index in [0.717, 1.165) is 42.1 Å². The first-order valence-corrected chi connectivity index (χ1v) is 13.4. The van der Waals surface area contributed by atoms with E-state index in [1.807, 2.05) is 0 Å². The molecule has 0 radical (unpaired) electrons. The molecule has 2 atom stereocenters. The highest BCUT2D eigenvalue weighted by molar-refractivity contribution is 5.06. The fourth-order valence-corrected chi connectivity index (χ4v) is 7.64. The summed E-state index contributed by atoms with van der Waals surface area (Å²) in [7, 11) is 0. The molecule has 2 unspecified atom stereocenters. The van der Waals surface area contributed by atoms with Crippen molar-refractivity contribution in [3.63, 3.8) is 0 Å². The van der Waals surface area contributed by atoms with Crippen molar-refractivity contribution >= 4 is 0 Å². The van der Waals surface area contributed by atoms with Gasteiger partial charge in [-0.15, -0.1) is 0 Å². The average Bonchev–Trinajstić information content (AvgIpc) is 2.73. The second-order valence-electron chi connectivity index (χ2n) is 11.9. The lowest BCUT2D eigenvalue weighted by molar-refractivity contribution is -0.00786. The number of ether oxygens (including phenoxy) is 1. The third-order valence-corrected chi connectivity index (χ3v) is 9.37. The minimum atomic E-state index is 0.553. The van der Waals surface area contributed by atoms with E-state index in [0.29, 0.717) is 12.0 Å². The van der Waals surface area contributed by atoms with Crippen LogP contribution in [-0.4, -0.2) is 12.7 Å². The van der Waals surface area contributed by atoms with E-state index in [1.165, 1.54) is 77.0 Å². The molecule has 0 amide bonds. The van der Waals surface area contributed by atoms with Crippen molar-refractivity contribution in [2.75, 3.05) is 6.61 Å². The van der Waals surface area contributed by atoms with Gasteiger partial charge in [0.15, 0.2) is 0 Å². The number of rotatable bonds is 5. The minimum Gasteiger partial charge on any atom is -0.378 e. The molecule has 3 saturated carbocycles. The summed E-state index contributed by atoms with van der Waals surface area (Å²) in [5, 5.41) is 0. The maximum atomic E-state index is 6.42. The SMILES string of the molecule is CC1=CC(COC2CCC(C3CCC(C4CCC(C)CC4)CC3)CC2)CC(C)C1. The van der Waals surface area contributed by atoms with Gasteiger partial charge in [0.05, 0.1) is 12.7 Å². The predicted octanol–water partition coefficient (Wildman–Crippen LogP) is 8.19.